The van der Waals surface area contributed by atoms with E-state index in [4.69, 9.17) is 4.98 Å². The Morgan fingerprint density at radius 2 is 2.11 bits per heavy atom. The highest BCUT2D eigenvalue weighted by molar-refractivity contribution is 8.03. The summed E-state index contributed by atoms with van der Waals surface area (Å²) in [5.41, 5.74) is 2.58. The van der Waals surface area contributed by atoms with Crippen LogP contribution in [0.1, 0.15) is 42.2 Å². The molecule has 11 heteroatoms. The molecule has 3 fully saturated rings. The first-order valence-electron chi connectivity index (χ1n) is 12.2. The summed E-state index contributed by atoms with van der Waals surface area (Å²) in [6.45, 7) is 3.26. The van der Waals surface area contributed by atoms with E-state index in [0.29, 0.717) is 23.3 Å². The topological polar surface area (TPSA) is 107 Å². The quantitative estimate of drug-likeness (QED) is 0.397. The van der Waals surface area contributed by atoms with Crippen molar-refractivity contribution in [2.75, 3.05) is 39.0 Å². The number of aromatic nitrogens is 3. The number of thioether (sulfide) groups is 1. The first kappa shape index (κ1) is 22.6. The lowest BCUT2D eigenvalue weighted by Gasteiger charge is -2.21. The number of carbonyl (C=O) groups excluding carboxylic acids is 2. The molecule has 10 nitrogen and oxygen atoms in total. The van der Waals surface area contributed by atoms with Crippen LogP contribution in [0.4, 0.5) is 10.6 Å². The van der Waals surface area contributed by atoms with Gasteiger partial charge in [-0.3, -0.25) is 15.0 Å². The second-order valence-corrected chi connectivity index (χ2v) is 11.3. The Kier molecular flexibility index (Phi) is 5.78. The van der Waals surface area contributed by atoms with Gasteiger partial charge in [0.1, 0.15) is 11.5 Å². The Balaban J connectivity index is 1.24. The Hall–Kier alpha value is -2.89. The molecule has 0 radical (unpaired) electrons. The number of hydrogen-bond donors (Lipinski definition) is 3. The molecule has 35 heavy (non-hydrogen) atoms. The number of urea groups is 1. The van der Waals surface area contributed by atoms with Gasteiger partial charge >= 0.3 is 6.03 Å². The van der Waals surface area contributed by atoms with Crippen molar-refractivity contribution in [3.63, 3.8) is 0 Å². The van der Waals surface area contributed by atoms with Gasteiger partial charge in [0.25, 0.3) is 5.91 Å². The number of likely N-dealkylation sites (tertiary alicyclic amines) is 1. The third kappa shape index (κ3) is 4.67. The minimum Gasteiger partial charge on any atom is -0.367 e. The average molecular weight is 495 g/mol. The molecule has 1 aliphatic carbocycles. The summed E-state index contributed by atoms with van der Waals surface area (Å²) in [5.74, 6) is 0.472. The van der Waals surface area contributed by atoms with Crippen LogP contribution in [0.3, 0.4) is 0 Å². The summed E-state index contributed by atoms with van der Waals surface area (Å²) in [5, 5.41) is 13.1. The molecule has 0 bridgehead atoms. The van der Waals surface area contributed by atoms with Gasteiger partial charge in [0, 0.05) is 43.3 Å². The number of hydrogen-bond acceptors (Lipinski definition) is 8. The van der Waals surface area contributed by atoms with Crippen LogP contribution in [0.15, 0.2) is 28.9 Å². The van der Waals surface area contributed by atoms with E-state index in [-0.39, 0.29) is 10.9 Å². The maximum atomic E-state index is 12.0. The molecular weight excluding hydrogens is 464 g/mol. The molecule has 1 saturated carbocycles. The Morgan fingerprint density at radius 3 is 2.83 bits per heavy atom. The SMILES string of the molecule is CN(C)C1CCN(CC2=CCC(c3cc(NC4CC4)n4ncc(/C=C5\NC(=O)NC5=O)c4n3)S2)C1. The number of imide groups is 1. The van der Waals surface area contributed by atoms with Gasteiger partial charge in [0.15, 0.2) is 5.65 Å². The van der Waals surface area contributed by atoms with E-state index in [2.05, 4.69) is 57.1 Å². The summed E-state index contributed by atoms with van der Waals surface area (Å²) >= 11 is 1.90. The standard InChI is InChI=1S/C24H30N8O2S/c1-30(2)16-7-8-31(12-16)13-17-5-6-20(35-17)18-10-21(26-15-3-4-15)32-22(27-18)14(11-25-32)9-19-23(33)29-24(34)28-19/h5,9-11,15-16,20,26H,3-4,6-8,12-13H2,1-2H3,(H2,28,29,33,34)/b19-9-. The van der Waals surface area contributed by atoms with E-state index in [1.54, 1.807) is 16.8 Å². The van der Waals surface area contributed by atoms with E-state index in [0.717, 1.165) is 50.4 Å². The summed E-state index contributed by atoms with van der Waals surface area (Å²) in [7, 11) is 4.33. The fourth-order valence-electron chi connectivity index (χ4n) is 4.84. The highest BCUT2D eigenvalue weighted by Gasteiger charge is 2.30. The van der Waals surface area contributed by atoms with Gasteiger partial charge < -0.3 is 15.5 Å². The number of amides is 3. The molecular formula is C24H30N8O2S. The number of nitrogens with one attached hydrogen (secondary N) is 3. The summed E-state index contributed by atoms with van der Waals surface area (Å²) in [6.07, 6.45) is 10.2. The van der Waals surface area contributed by atoms with Crippen LogP contribution in [0.25, 0.3) is 11.7 Å². The van der Waals surface area contributed by atoms with Crippen LogP contribution in [-0.2, 0) is 4.79 Å². The lowest BCUT2D eigenvalue weighted by Crippen LogP contribution is -2.32. The zero-order chi connectivity index (χ0) is 24.1. The summed E-state index contributed by atoms with van der Waals surface area (Å²) in [4.78, 5) is 34.8. The molecule has 3 amide bonds. The van der Waals surface area contributed by atoms with Gasteiger partial charge in [0.05, 0.1) is 17.1 Å². The summed E-state index contributed by atoms with van der Waals surface area (Å²) < 4.78 is 1.79. The minimum absolute atomic E-state index is 0.203. The van der Waals surface area contributed by atoms with E-state index in [1.165, 1.54) is 11.3 Å². The van der Waals surface area contributed by atoms with Gasteiger partial charge in [-0.15, -0.1) is 11.8 Å². The molecule has 2 aromatic heterocycles. The molecule has 3 N–H and O–H groups in total. The highest BCUT2D eigenvalue weighted by atomic mass is 32.2. The van der Waals surface area contributed by atoms with Crippen LogP contribution in [0, 0.1) is 0 Å². The van der Waals surface area contributed by atoms with Crippen molar-refractivity contribution in [1.29, 1.82) is 0 Å². The minimum atomic E-state index is -0.515. The number of fused-ring (bicyclic) bond motifs is 1. The second kappa shape index (κ2) is 8.96. The van der Waals surface area contributed by atoms with Crippen LogP contribution >= 0.6 is 11.8 Å². The molecule has 5 heterocycles. The maximum absolute atomic E-state index is 12.0. The van der Waals surface area contributed by atoms with Crippen LogP contribution in [-0.4, -0.2) is 82.1 Å². The third-order valence-electron chi connectivity index (χ3n) is 7.01. The number of rotatable bonds is 7. The highest BCUT2D eigenvalue weighted by Crippen LogP contribution is 2.44. The molecule has 6 rings (SSSR count). The molecule has 0 aromatic carbocycles. The van der Waals surface area contributed by atoms with Crippen LogP contribution in [0.5, 0.6) is 0 Å². The molecule has 184 valence electrons. The lowest BCUT2D eigenvalue weighted by atomic mass is 10.2. The van der Waals surface area contributed by atoms with Crippen molar-refractivity contribution in [2.24, 2.45) is 0 Å². The van der Waals surface area contributed by atoms with Crippen molar-refractivity contribution < 1.29 is 9.59 Å². The zero-order valence-electron chi connectivity index (χ0n) is 20.0. The Morgan fingerprint density at radius 1 is 1.26 bits per heavy atom. The first-order valence-corrected chi connectivity index (χ1v) is 13.0. The van der Waals surface area contributed by atoms with Crippen LogP contribution in [0.2, 0.25) is 0 Å². The van der Waals surface area contributed by atoms with Gasteiger partial charge in [0.2, 0.25) is 0 Å². The monoisotopic (exact) mass is 494 g/mol. The largest absolute Gasteiger partial charge is 0.367 e. The lowest BCUT2D eigenvalue weighted by molar-refractivity contribution is -0.115. The second-order valence-electron chi connectivity index (χ2n) is 9.94. The Bertz CT molecular complexity index is 1250. The van der Waals surface area contributed by atoms with Crippen molar-refractivity contribution in [3.05, 3.63) is 40.2 Å². The molecule has 2 saturated heterocycles. The van der Waals surface area contributed by atoms with Crippen molar-refractivity contribution in [2.45, 2.75) is 43.0 Å². The fraction of sp³-hybridized carbons (Fsp3) is 0.500. The molecule has 2 aromatic rings. The predicted octanol–water partition coefficient (Wildman–Crippen LogP) is 2.18. The maximum Gasteiger partial charge on any atom is 0.326 e. The molecule has 0 spiro atoms. The summed E-state index contributed by atoms with van der Waals surface area (Å²) in [6, 6.07) is 2.70. The van der Waals surface area contributed by atoms with Crippen molar-refractivity contribution >= 4 is 41.2 Å². The van der Waals surface area contributed by atoms with Gasteiger partial charge in [-0.2, -0.15) is 9.61 Å². The van der Waals surface area contributed by atoms with E-state index >= 15 is 0 Å². The zero-order valence-corrected chi connectivity index (χ0v) is 20.8. The number of anilines is 1. The van der Waals surface area contributed by atoms with Gasteiger partial charge in [-0.05, 0) is 50.8 Å². The van der Waals surface area contributed by atoms with Crippen LogP contribution < -0.4 is 16.0 Å². The third-order valence-corrected chi connectivity index (χ3v) is 8.33. The number of likely N-dealkylation sites (N-methyl/N-ethyl adjacent to an activating group) is 1. The average Bonchev–Trinajstić information content (AvgIpc) is 3.18. The smallest absolute Gasteiger partial charge is 0.326 e. The Labute approximate surface area is 208 Å². The number of allylic oxidation sites excluding steroid dienone is 1. The van der Waals surface area contributed by atoms with Gasteiger partial charge in [-0.1, -0.05) is 6.08 Å². The molecule has 3 aliphatic heterocycles. The van der Waals surface area contributed by atoms with E-state index in [1.807, 2.05) is 11.8 Å². The molecule has 2 unspecified atom stereocenters. The van der Waals surface area contributed by atoms with Crippen molar-refractivity contribution in [3.8, 4) is 0 Å². The predicted molar refractivity (Wildman–Crippen MR) is 136 cm³/mol. The normalized spacial score (nSPS) is 26.1. The fourth-order valence-corrected chi connectivity index (χ4v) is 6.09. The van der Waals surface area contributed by atoms with E-state index < -0.39 is 11.9 Å². The molecule has 4 aliphatic rings. The molecule has 2 atom stereocenters. The van der Waals surface area contributed by atoms with Crippen molar-refractivity contribution in [1.82, 2.24) is 35.0 Å². The number of nitrogens with zero attached hydrogens (tertiary/aromatic N) is 5. The number of carbonyl (C=O) groups is 2. The van der Waals surface area contributed by atoms with Gasteiger partial charge in [-0.25, -0.2) is 9.78 Å². The first-order chi connectivity index (χ1) is 16.9. The van der Waals surface area contributed by atoms with E-state index in [9.17, 15) is 9.59 Å².